The summed E-state index contributed by atoms with van der Waals surface area (Å²) in [5.41, 5.74) is 1.29. The van der Waals surface area contributed by atoms with Crippen LogP contribution in [0.25, 0.3) is 10.2 Å². The van der Waals surface area contributed by atoms with Crippen molar-refractivity contribution in [2.45, 2.75) is 51.5 Å². The van der Waals surface area contributed by atoms with E-state index >= 15 is 0 Å². The fraction of sp³-hybridized carbons (Fsp3) is 0.600. The SMILES string of the molecule is Cc1sc2ncnc(NC3(CCl)CCCCC3)c2c1C. The molecule has 108 valence electrons. The van der Waals surface area contributed by atoms with E-state index in [2.05, 4.69) is 29.1 Å². The average Bonchev–Trinajstić information content (AvgIpc) is 2.76. The summed E-state index contributed by atoms with van der Waals surface area (Å²) in [5.74, 6) is 1.60. The second-order valence-electron chi connectivity index (χ2n) is 5.79. The molecule has 1 fully saturated rings. The minimum absolute atomic E-state index is 0.00334. The van der Waals surface area contributed by atoms with E-state index in [1.165, 1.54) is 35.1 Å². The third kappa shape index (κ3) is 2.40. The van der Waals surface area contributed by atoms with Gasteiger partial charge in [0.1, 0.15) is 17.0 Å². The molecule has 2 aromatic rings. The molecule has 1 aliphatic rings. The van der Waals surface area contributed by atoms with Crippen LogP contribution >= 0.6 is 22.9 Å². The molecule has 0 radical (unpaired) electrons. The molecule has 0 atom stereocenters. The molecular weight excluding hydrogens is 290 g/mol. The lowest BCUT2D eigenvalue weighted by atomic mass is 9.83. The Bertz CT molecular complexity index is 617. The summed E-state index contributed by atoms with van der Waals surface area (Å²) in [5, 5.41) is 4.84. The van der Waals surface area contributed by atoms with E-state index in [0.29, 0.717) is 5.88 Å². The molecule has 3 rings (SSSR count). The number of halogens is 1. The summed E-state index contributed by atoms with van der Waals surface area (Å²) in [6.07, 6.45) is 7.72. The Morgan fingerprint density at radius 2 is 2.00 bits per heavy atom. The van der Waals surface area contributed by atoms with E-state index in [1.54, 1.807) is 17.7 Å². The number of nitrogens with one attached hydrogen (secondary N) is 1. The highest BCUT2D eigenvalue weighted by Crippen LogP contribution is 2.37. The van der Waals surface area contributed by atoms with Crippen molar-refractivity contribution in [2.24, 2.45) is 0 Å². The van der Waals surface area contributed by atoms with Crippen LogP contribution < -0.4 is 5.32 Å². The normalized spacial score (nSPS) is 18.4. The zero-order valence-corrected chi connectivity index (χ0v) is 13.6. The van der Waals surface area contributed by atoms with Gasteiger partial charge >= 0.3 is 0 Å². The average molecular weight is 310 g/mol. The van der Waals surface area contributed by atoms with Gasteiger partial charge in [-0.3, -0.25) is 0 Å². The van der Waals surface area contributed by atoms with E-state index in [0.717, 1.165) is 23.5 Å². The van der Waals surface area contributed by atoms with Gasteiger partial charge in [0.25, 0.3) is 0 Å². The maximum absolute atomic E-state index is 6.28. The molecule has 0 amide bonds. The van der Waals surface area contributed by atoms with Crippen LogP contribution in [0.2, 0.25) is 0 Å². The van der Waals surface area contributed by atoms with Crippen molar-refractivity contribution < 1.29 is 0 Å². The second-order valence-corrected chi connectivity index (χ2v) is 7.26. The zero-order chi connectivity index (χ0) is 14.2. The third-order valence-electron chi connectivity index (χ3n) is 4.42. The molecule has 0 unspecified atom stereocenters. The molecule has 1 aliphatic carbocycles. The third-order valence-corrected chi connectivity index (χ3v) is 6.04. The first-order valence-corrected chi connectivity index (χ1v) is 8.55. The van der Waals surface area contributed by atoms with E-state index < -0.39 is 0 Å². The van der Waals surface area contributed by atoms with Crippen LogP contribution in [0.4, 0.5) is 5.82 Å². The Balaban J connectivity index is 2.01. The van der Waals surface area contributed by atoms with Gasteiger partial charge in [0, 0.05) is 10.8 Å². The molecule has 1 N–H and O–H groups in total. The van der Waals surface area contributed by atoms with Crippen molar-refractivity contribution in [3.63, 3.8) is 0 Å². The summed E-state index contributed by atoms with van der Waals surface area (Å²) in [6, 6.07) is 0. The predicted octanol–water partition coefficient (Wildman–Crippen LogP) is 4.66. The molecule has 20 heavy (non-hydrogen) atoms. The molecule has 0 aromatic carbocycles. The lowest BCUT2D eigenvalue weighted by molar-refractivity contribution is 0.353. The van der Waals surface area contributed by atoms with Gasteiger partial charge in [-0.1, -0.05) is 19.3 Å². The summed E-state index contributed by atoms with van der Waals surface area (Å²) in [4.78, 5) is 11.3. The first kappa shape index (κ1) is 14.1. The number of hydrogen-bond donors (Lipinski definition) is 1. The van der Waals surface area contributed by atoms with Gasteiger partial charge in [0.2, 0.25) is 0 Å². The first-order valence-electron chi connectivity index (χ1n) is 7.20. The number of anilines is 1. The molecule has 2 heterocycles. The van der Waals surface area contributed by atoms with Gasteiger partial charge in [-0.15, -0.1) is 22.9 Å². The maximum Gasteiger partial charge on any atom is 0.138 e. The fourth-order valence-electron chi connectivity index (χ4n) is 3.05. The van der Waals surface area contributed by atoms with Crippen molar-refractivity contribution in [3.05, 3.63) is 16.8 Å². The topological polar surface area (TPSA) is 37.8 Å². The largest absolute Gasteiger partial charge is 0.363 e. The molecule has 0 spiro atoms. The number of nitrogens with zero attached hydrogens (tertiary/aromatic N) is 2. The number of rotatable bonds is 3. The summed E-state index contributed by atoms with van der Waals surface area (Å²) in [7, 11) is 0. The molecule has 3 nitrogen and oxygen atoms in total. The molecule has 0 bridgehead atoms. The van der Waals surface area contributed by atoms with E-state index in [1.807, 2.05) is 0 Å². The van der Waals surface area contributed by atoms with Crippen molar-refractivity contribution in [3.8, 4) is 0 Å². The van der Waals surface area contributed by atoms with Crippen molar-refractivity contribution >= 4 is 39.0 Å². The highest BCUT2D eigenvalue weighted by molar-refractivity contribution is 7.18. The van der Waals surface area contributed by atoms with Crippen molar-refractivity contribution in [2.75, 3.05) is 11.2 Å². The highest BCUT2D eigenvalue weighted by atomic mass is 35.5. The van der Waals surface area contributed by atoms with Crippen LogP contribution in [0, 0.1) is 13.8 Å². The van der Waals surface area contributed by atoms with Gasteiger partial charge < -0.3 is 5.32 Å². The minimum Gasteiger partial charge on any atom is -0.363 e. The van der Waals surface area contributed by atoms with Crippen LogP contribution in [0.3, 0.4) is 0 Å². The fourth-order valence-corrected chi connectivity index (χ4v) is 4.38. The summed E-state index contributed by atoms with van der Waals surface area (Å²) >= 11 is 8.02. The predicted molar refractivity (Wildman–Crippen MR) is 87.0 cm³/mol. The van der Waals surface area contributed by atoms with Crippen LogP contribution in [0.15, 0.2) is 6.33 Å². The molecular formula is C15H20ClN3S. The van der Waals surface area contributed by atoms with E-state index in [-0.39, 0.29) is 5.54 Å². The molecule has 1 saturated carbocycles. The van der Waals surface area contributed by atoms with Gasteiger partial charge in [-0.25, -0.2) is 9.97 Å². The quantitative estimate of drug-likeness (QED) is 0.838. The number of thiophene rings is 1. The van der Waals surface area contributed by atoms with Crippen molar-refractivity contribution in [1.29, 1.82) is 0 Å². The highest BCUT2D eigenvalue weighted by Gasteiger charge is 2.32. The van der Waals surface area contributed by atoms with E-state index in [4.69, 9.17) is 11.6 Å². The number of aromatic nitrogens is 2. The minimum atomic E-state index is 0.00334. The molecule has 0 aliphatic heterocycles. The lowest BCUT2D eigenvalue weighted by Crippen LogP contribution is -2.42. The standard InChI is InChI=1S/C15H20ClN3S/c1-10-11(2)20-14-12(10)13(17-9-18-14)19-15(8-16)6-4-3-5-7-15/h9H,3-8H2,1-2H3,(H,17,18,19). The lowest BCUT2D eigenvalue weighted by Gasteiger charge is -2.37. The van der Waals surface area contributed by atoms with Crippen LogP contribution in [-0.2, 0) is 0 Å². The van der Waals surface area contributed by atoms with Crippen molar-refractivity contribution in [1.82, 2.24) is 9.97 Å². The van der Waals surface area contributed by atoms with Gasteiger partial charge in [0.15, 0.2) is 0 Å². The van der Waals surface area contributed by atoms with Gasteiger partial charge in [-0.2, -0.15) is 0 Å². The zero-order valence-electron chi connectivity index (χ0n) is 12.0. The van der Waals surface area contributed by atoms with Crippen LogP contribution in [-0.4, -0.2) is 21.4 Å². The first-order chi connectivity index (χ1) is 9.65. The number of aryl methyl sites for hydroxylation is 2. The van der Waals surface area contributed by atoms with E-state index in [9.17, 15) is 0 Å². The Hall–Kier alpha value is -0.870. The number of hydrogen-bond acceptors (Lipinski definition) is 4. The van der Waals surface area contributed by atoms with Crippen LogP contribution in [0.5, 0.6) is 0 Å². The second kappa shape index (κ2) is 5.49. The summed E-state index contributed by atoms with van der Waals surface area (Å²) < 4.78 is 0. The Morgan fingerprint density at radius 3 is 2.70 bits per heavy atom. The number of fused-ring (bicyclic) bond motifs is 1. The molecule has 2 aromatic heterocycles. The van der Waals surface area contributed by atoms with Gasteiger partial charge in [0.05, 0.1) is 10.9 Å². The number of alkyl halides is 1. The molecule has 5 heteroatoms. The Labute approximate surface area is 128 Å². The monoisotopic (exact) mass is 309 g/mol. The smallest absolute Gasteiger partial charge is 0.138 e. The Kier molecular flexibility index (Phi) is 3.87. The summed E-state index contributed by atoms with van der Waals surface area (Å²) in [6.45, 7) is 4.29. The maximum atomic E-state index is 6.28. The Morgan fingerprint density at radius 1 is 1.25 bits per heavy atom. The van der Waals surface area contributed by atoms with Crippen LogP contribution in [0.1, 0.15) is 42.5 Å². The van der Waals surface area contributed by atoms with Gasteiger partial charge in [-0.05, 0) is 32.3 Å². The molecule has 0 saturated heterocycles.